The zero-order chi connectivity index (χ0) is 27.2. The Morgan fingerprint density at radius 2 is 1.56 bits per heavy atom. The minimum atomic E-state index is -4.92. The fourth-order valence-electron chi connectivity index (χ4n) is 3.49. The van der Waals surface area contributed by atoms with Gasteiger partial charge in [-0.05, 0) is 42.8 Å². The highest BCUT2D eigenvalue weighted by Gasteiger charge is 2.38. The van der Waals surface area contributed by atoms with E-state index in [0.717, 1.165) is 32.4 Å². The van der Waals surface area contributed by atoms with Gasteiger partial charge in [-0.3, -0.25) is 14.4 Å². The van der Waals surface area contributed by atoms with Crippen molar-refractivity contribution in [3.63, 3.8) is 0 Å². The first-order valence-electron chi connectivity index (χ1n) is 10.6. The summed E-state index contributed by atoms with van der Waals surface area (Å²) < 4.78 is 70.1. The van der Waals surface area contributed by atoms with E-state index < -0.39 is 76.7 Å². The summed E-state index contributed by atoms with van der Waals surface area (Å²) in [7, 11) is 1.89. The number of fused-ring (bicyclic) bond motifs is 1. The lowest BCUT2D eigenvalue weighted by atomic mass is 9.97. The number of benzene rings is 2. The van der Waals surface area contributed by atoms with Crippen LogP contribution in [0.1, 0.15) is 29.8 Å². The van der Waals surface area contributed by atoms with Gasteiger partial charge in [-0.15, -0.1) is 0 Å². The highest BCUT2D eigenvalue weighted by molar-refractivity contribution is 6.13. The molecule has 0 N–H and O–H groups in total. The zero-order valence-electron chi connectivity index (χ0n) is 19.9. The van der Waals surface area contributed by atoms with E-state index in [2.05, 4.69) is 4.74 Å². The average molecular weight is 516 g/mol. The van der Waals surface area contributed by atoms with E-state index in [0.29, 0.717) is 19.2 Å². The number of hydrogen-bond donors (Lipinski definition) is 0. The molecule has 2 aromatic carbocycles. The molecule has 0 saturated heterocycles. The quantitative estimate of drug-likeness (QED) is 0.390. The monoisotopic (exact) mass is 516 g/mol. The second kappa shape index (κ2) is 11.7. The van der Waals surface area contributed by atoms with Crippen LogP contribution in [0.25, 0.3) is 10.8 Å². The van der Waals surface area contributed by atoms with Gasteiger partial charge in [-0.1, -0.05) is 6.07 Å². The maximum Gasteiger partial charge on any atom is 0.420 e. The molecule has 2 rings (SSSR count). The molecule has 0 spiro atoms. The van der Waals surface area contributed by atoms with Crippen molar-refractivity contribution in [1.29, 1.82) is 0 Å². The summed E-state index contributed by atoms with van der Waals surface area (Å²) >= 11 is 0. The van der Waals surface area contributed by atoms with Crippen LogP contribution in [-0.2, 0) is 25.2 Å². The molecule has 0 aliphatic rings. The molecule has 9 nitrogen and oxygen atoms in total. The third-order valence-corrected chi connectivity index (χ3v) is 5.23. The second-order valence-electron chi connectivity index (χ2n) is 7.25. The highest BCUT2D eigenvalue weighted by atomic mass is 19.4. The third kappa shape index (κ3) is 6.01. The van der Waals surface area contributed by atoms with Crippen LogP contribution in [0.5, 0.6) is 5.75 Å². The summed E-state index contributed by atoms with van der Waals surface area (Å²) in [5.41, 5.74) is -2.16. The number of carbonyl (C=O) groups excluding carboxylic acids is 4. The molecule has 0 aromatic heterocycles. The maximum absolute atomic E-state index is 14.8. The number of nitrogens with zero attached hydrogens (tertiary/aromatic N) is 2. The molecular formula is C23H24F4N2O7. The Balaban J connectivity index is 2.48. The van der Waals surface area contributed by atoms with Gasteiger partial charge in [0.05, 0.1) is 19.8 Å². The van der Waals surface area contributed by atoms with Crippen molar-refractivity contribution in [2.75, 3.05) is 40.5 Å². The zero-order valence-corrected chi connectivity index (χ0v) is 19.9. The van der Waals surface area contributed by atoms with Crippen LogP contribution in [0.2, 0.25) is 0 Å². The van der Waals surface area contributed by atoms with E-state index in [1.807, 2.05) is 0 Å². The summed E-state index contributed by atoms with van der Waals surface area (Å²) in [6.45, 7) is 2.35. The van der Waals surface area contributed by atoms with Gasteiger partial charge in [0.2, 0.25) is 0 Å². The van der Waals surface area contributed by atoms with E-state index in [9.17, 15) is 36.7 Å². The van der Waals surface area contributed by atoms with E-state index in [1.165, 1.54) is 4.90 Å². The molecule has 36 heavy (non-hydrogen) atoms. The number of esters is 1. The van der Waals surface area contributed by atoms with Crippen molar-refractivity contribution in [3.8, 4) is 5.75 Å². The van der Waals surface area contributed by atoms with Crippen LogP contribution < -0.4 is 4.74 Å². The van der Waals surface area contributed by atoms with Crippen molar-refractivity contribution in [1.82, 2.24) is 9.80 Å². The molecule has 0 radical (unpaired) electrons. The maximum atomic E-state index is 14.8. The SMILES string of the molecule is CCN(CC)C(=O)COC(=O)CN(C(=O)OC)C(=O)c1c(F)ccc2c(C(F)(F)F)c(OC)ccc12. The molecule has 13 heteroatoms. The fourth-order valence-corrected chi connectivity index (χ4v) is 3.49. The van der Waals surface area contributed by atoms with Crippen molar-refractivity contribution in [2.24, 2.45) is 0 Å². The molecule has 196 valence electrons. The number of imide groups is 1. The van der Waals surface area contributed by atoms with Crippen LogP contribution in [0, 0.1) is 5.82 Å². The Bertz CT molecular complexity index is 1160. The molecule has 0 heterocycles. The van der Waals surface area contributed by atoms with Gasteiger partial charge in [-0.2, -0.15) is 13.2 Å². The van der Waals surface area contributed by atoms with E-state index in [4.69, 9.17) is 9.47 Å². The van der Waals surface area contributed by atoms with E-state index >= 15 is 0 Å². The first kappa shape index (κ1) is 28.3. The summed E-state index contributed by atoms with van der Waals surface area (Å²) in [6.07, 6.45) is -6.32. The van der Waals surface area contributed by atoms with Crippen LogP contribution in [-0.4, -0.2) is 74.1 Å². The lowest BCUT2D eigenvalue weighted by Gasteiger charge is -2.22. The Morgan fingerprint density at radius 1 is 0.944 bits per heavy atom. The predicted octanol–water partition coefficient (Wildman–Crippen LogP) is 3.63. The minimum absolute atomic E-state index is 0.166. The molecule has 0 bridgehead atoms. The van der Waals surface area contributed by atoms with Gasteiger partial charge < -0.3 is 19.1 Å². The molecule has 3 amide bonds. The number of halogens is 4. The normalized spacial score (nSPS) is 11.1. The lowest BCUT2D eigenvalue weighted by Crippen LogP contribution is -2.42. The molecular weight excluding hydrogens is 492 g/mol. The van der Waals surface area contributed by atoms with Gasteiger partial charge in [0.1, 0.15) is 23.7 Å². The summed E-state index contributed by atoms with van der Waals surface area (Å²) in [5, 5.41) is -1.05. The topological polar surface area (TPSA) is 102 Å². The lowest BCUT2D eigenvalue weighted by molar-refractivity contribution is -0.152. The largest absolute Gasteiger partial charge is 0.496 e. The number of carbonyl (C=O) groups is 4. The number of methoxy groups -OCH3 is 2. The molecule has 2 aromatic rings. The Hall–Kier alpha value is -3.90. The first-order chi connectivity index (χ1) is 16.9. The van der Waals surface area contributed by atoms with Crippen LogP contribution in [0.4, 0.5) is 22.4 Å². The summed E-state index contributed by atoms with van der Waals surface area (Å²) in [5.74, 6) is -4.99. The van der Waals surface area contributed by atoms with Gasteiger partial charge >= 0.3 is 18.2 Å². The van der Waals surface area contributed by atoms with Gasteiger partial charge in [0, 0.05) is 13.1 Å². The Morgan fingerprint density at radius 3 is 2.08 bits per heavy atom. The van der Waals surface area contributed by atoms with E-state index in [1.54, 1.807) is 13.8 Å². The Kier molecular flexibility index (Phi) is 9.20. The Labute approximate surface area is 203 Å². The molecule has 0 aliphatic heterocycles. The predicted molar refractivity (Wildman–Crippen MR) is 118 cm³/mol. The van der Waals surface area contributed by atoms with Crippen LogP contribution in [0.15, 0.2) is 24.3 Å². The van der Waals surface area contributed by atoms with Crippen molar-refractivity contribution in [2.45, 2.75) is 20.0 Å². The molecule has 0 fully saturated rings. The number of likely N-dealkylation sites (N-methyl/N-ethyl adjacent to an activating group) is 1. The number of ether oxygens (including phenoxy) is 3. The smallest absolute Gasteiger partial charge is 0.420 e. The fraction of sp³-hybridized carbons (Fsp3) is 0.391. The first-order valence-corrected chi connectivity index (χ1v) is 10.6. The third-order valence-electron chi connectivity index (χ3n) is 5.23. The molecule has 0 unspecified atom stereocenters. The highest BCUT2D eigenvalue weighted by Crippen LogP contribution is 2.42. The number of alkyl halides is 3. The number of amides is 3. The average Bonchev–Trinajstić information content (AvgIpc) is 2.84. The van der Waals surface area contributed by atoms with Crippen molar-refractivity contribution >= 4 is 34.6 Å². The number of rotatable bonds is 8. The molecule has 0 atom stereocenters. The standard InChI is InChI=1S/C23H24F4N2O7/c1-5-28(6-2)17(30)12-36-18(31)11-29(22(33)35-4)21(32)19-13-8-10-16(34-3)20(23(25,26)27)14(13)7-9-15(19)24/h7-10H,5-6,11-12H2,1-4H3. The van der Waals surface area contributed by atoms with Gasteiger partial charge in [-0.25, -0.2) is 14.1 Å². The second-order valence-corrected chi connectivity index (χ2v) is 7.25. The van der Waals surface area contributed by atoms with Gasteiger partial charge in [0.25, 0.3) is 11.8 Å². The minimum Gasteiger partial charge on any atom is -0.496 e. The van der Waals surface area contributed by atoms with Crippen LogP contribution >= 0.6 is 0 Å². The summed E-state index contributed by atoms with van der Waals surface area (Å²) in [6, 6.07) is 3.37. The number of hydrogen-bond acceptors (Lipinski definition) is 7. The van der Waals surface area contributed by atoms with Gasteiger partial charge in [0.15, 0.2) is 6.61 Å². The van der Waals surface area contributed by atoms with Crippen molar-refractivity contribution < 1.29 is 51.0 Å². The molecule has 0 aliphatic carbocycles. The van der Waals surface area contributed by atoms with Crippen LogP contribution in [0.3, 0.4) is 0 Å². The van der Waals surface area contributed by atoms with Crippen molar-refractivity contribution in [3.05, 3.63) is 41.2 Å². The van der Waals surface area contributed by atoms with E-state index in [-0.39, 0.29) is 4.90 Å². The molecule has 0 saturated carbocycles. The summed E-state index contributed by atoms with van der Waals surface area (Å²) in [4.78, 5) is 51.2.